The molecule has 0 aromatic heterocycles. The number of aliphatic hydroxyl groups excluding tert-OH is 1. The summed E-state index contributed by atoms with van der Waals surface area (Å²) in [4.78, 5) is 0. The van der Waals surface area contributed by atoms with Crippen LogP contribution in [0.15, 0.2) is 0 Å². The van der Waals surface area contributed by atoms with Gasteiger partial charge in [-0.1, -0.05) is 13.8 Å². The van der Waals surface area contributed by atoms with Crippen LogP contribution in [-0.2, 0) is 0 Å². The second-order valence-electron chi connectivity index (χ2n) is 4.06. The van der Waals surface area contributed by atoms with E-state index in [1.807, 2.05) is 11.8 Å². The zero-order chi connectivity index (χ0) is 9.68. The summed E-state index contributed by atoms with van der Waals surface area (Å²) < 4.78 is 0. The summed E-state index contributed by atoms with van der Waals surface area (Å²) in [6, 6.07) is 0.799. The van der Waals surface area contributed by atoms with E-state index in [2.05, 4.69) is 19.2 Å². The van der Waals surface area contributed by atoms with Gasteiger partial charge in [0.2, 0.25) is 0 Å². The SMILES string of the molecule is CC(C)NC(CO)C1CCSCC1. The molecular formula is C10H21NOS. The molecule has 0 saturated carbocycles. The lowest BCUT2D eigenvalue weighted by Gasteiger charge is -2.30. The lowest BCUT2D eigenvalue weighted by Crippen LogP contribution is -2.44. The first-order chi connectivity index (χ1) is 6.24. The summed E-state index contributed by atoms with van der Waals surface area (Å²) >= 11 is 2.04. The minimum atomic E-state index is 0.285. The Hall–Kier alpha value is 0.270. The standard InChI is InChI=1S/C10H21NOS/c1-8(2)11-10(7-12)9-3-5-13-6-4-9/h8-12H,3-7H2,1-2H3. The van der Waals surface area contributed by atoms with Gasteiger partial charge in [0.25, 0.3) is 0 Å². The Labute approximate surface area is 85.5 Å². The Kier molecular flexibility index (Phi) is 5.14. The van der Waals surface area contributed by atoms with Gasteiger partial charge in [-0.2, -0.15) is 11.8 Å². The third kappa shape index (κ3) is 3.88. The highest BCUT2D eigenvalue weighted by Crippen LogP contribution is 2.25. The molecule has 0 aromatic carbocycles. The summed E-state index contributed by atoms with van der Waals surface area (Å²) in [5.41, 5.74) is 0. The number of rotatable bonds is 4. The van der Waals surface area contributed by atoms with Crippen molar-refractivity contribution in [2.75, 3.05) is 18.1 Å². The molecule has 0 spiro atoms. The monoisotopic (exact) mass is 203 g/mol. The predicted octanol–water partition coefficient (Wildman–Crippen LogP) is 1.49. The van der Waals surface area contributed by atoms with E-state index in [-0.39, 0.29) is 6.61 Å². The number of hydrogen-bond acceptors (Lipinski definition) is 3. The molecule has 1 heterocycles. The van der Waals surface area contributed by atoms with Crippen molar-refractivity contribution in [3.8, 4) is 0 Å². The predicted molar refractivity (Wildman–Crippen MR) is 59.2 cm³/mol. The molecule has 2 N–H and O–H groups in total. The first kappa shape index (κ1) is 11.3. The van der Waals surface area contributed by atoms with E-state index < -0.39 is 0 Å². The van der Waals surface area contributed by atoms with Gasteiger partial charge >= 0.3 is 0 Å². The largest absolute Gasteiger partial charge is 0.395 e. The number of thioether (sulfide) groups is 1. The molecule has 13 heavy (non-hydrogen) atoms. The molecule has 0 aliphatic carbocycles. The van der Waals surface area contributed by atoms with Crippen molar-refractivity contribution in [1.82, 2.24) is 5.32 Å². The molecule has 0 bridgehead atoms. The molecule has 1 rings (SSSR count). The minimum absolute atomic E-state index is 0.285. The maximum atomic E-state index is 9.26. The fourth-order valence-corrected chi connectivity index (χ4v) is 3.03. The zero-order valence-corrected chi connectivity index (χ0v) is 9.44. The first-order valence-corrected chi connectivity index (χ1v) is 6.34. The van der Waals surface area contributed by atoms with E-state index in [1.54, 1.807) is 0 Å². The summed E-state index contributed by atoms with van der Waals surface area (Å²) in [5, 5.41) is 12.7. The van der Waals surface area contributed by atoms with Crippen LogP contribution in [0.4, 0.5) is 0 Å². The average molecular weight is 203 g/mol. The van der Waals surface area contributed by atoms with Gasteiger partial charge in [-0.3, -0.25) is 0 Å². The maximum Gasteiger partial charge on any atom is 0.0587 e. The lowest BCUT2D eigenvalue weighted by molar-refractivity contribution is 0.184. The summed E-state index contributed by atoms with van der Waals surface area (Å²) in [6.07, 6.45) is 2.52. The molecule has 1 saturated heterocycles. The summed E-state index contributed by atoms with van der Waals surface area (Å²) in [5.74, 6) is 3.22. The van der Waals surface area contributed by atoms with E-state index in [0.717, 1.165) is 0 Å². The van der Waals surface area contributed by atoms with Gasteiger partial charge in [0, 0.05) is 12.1 Å². The van der Waals surface area contributed by atoms with Gasteiger partial charge in [0.15, 0.2) is 0 Å². The van der Waals surface area contributed by atoms with E-state index in [0.29, 0.717) is 18.0 Å². The van der Waals surface area contributed by atoms with Crippen LogP contribution in [0.5, 0.6) is 0 Å². The number of aliphatic hydroxyl groups is 1. The smallest absolute Gasteiger partial charge is 0.0587 e. The van der Waals surface area contributed by atoms with Crippen LogP contribution in [0, 0.1) is 5.92 Å². The topological polar surface area (TPSA) is 32.3 Å². The Morgan fingerprint density at radius 1 is 1.38 bits per heavy atom. The third-order valence-electron chi connectivity index (χ3n) is 2.58. The van der Waals surface area contributed by atoms with Crippen LogP contribution in [0.3, 0.4) is 0 Å². The molecule has 1 fully saturated rings. The van der Waals surface area contributed by atoms with E-state index >= 15 is 0 Å². The molecule has 1 aliphatic rings. The Morgan fingerprint density at radius 2 is 2.00 bits per heavy atom. The van der Waals surface area contributed by atoms with E-state index in [9.17, 15) is 5.11 Å². The van der Waals surface area contributed by atoms with Crippen molar-refractivity contribution in [2.24, 2.45) is 5.92 Å². The van der Waals surface area contributed by atoms with Crippen molar-refractivity contribution in [1.29, 1.82) is 0 Å². The number of hydrogen-bond donors (Lipinski definition) is 2. The van der Waals surface area contributed by atoms with Crippen molar-refractivity contribution < 1.29 is 5.11 Å². The van der Waals surface area contributed by atoms with Gasteiger partial charge < -0.3 is 10.4 Å². The average Bonchev–Trinajstić information content (AvgIpc) is 2.15. The molecule has 2 nitrogen and oxygen atoms in total. The van der Waals surface area contributed by atoms with Crippen LogP contribution in [0.2, 0.25) is 0 Å². The Bertz CT molecular complexity index is 135. The van der Waals surface area contributed by atoms with Crippen molar-refractivity contribution in [2.45, 2.75) is 38.8 Å². The van der Waals surface area contributed by atoms with Crippen LogP contribution in [0.1, 0.15) is 26.7 Å². The number of nitrogens with one attached hydrogen (secondary N) is 1. The highest BCUT2D eigenvalue weighted by Gasteiger charge is 2.23. The van der Waals surface area contributed by atoms with Gasteiger partial charge in [-0.05, 0) is 30.3 Å². The second kappa shape index (κ2) is 5.89. The summed E-state index contributed by atoms with van der Waals surface area (Å²) in [7, 11) is 0. The third-order valence-corrected chi connectivity index (χ3v) is 3.63. The van der Waals surface area contributed by atoms with Gasteiger partial charge in [0.05, 0.1) is 6.61 Å². The molecular weight excluding hydrogens is 182 g/mol. The zero-order valence-electron chi connectivity index (χ0n) is 8.62. The Balaban J connectivity index is 2.34. The fourth-order valence-electron chi connectivity index (χ4n) is 1.88. The lowest BCUT2D eigenvalue weighted by atomic mass is 9.93. The van der Waals surface area contributed by atoms with E-state index in [1.165, 1.54) is 24.3 Å². The molecule has 78 valence electrons. The highest BCUT2D eigenvalue weighted by atomic mass is 32.2. The van der Waals surface area contributed by atoms with E-state index in [4.69, 9.17) is 0 Å². The fraction of sp³-hybridized carbons (Fsp3) is 1.00. The molecule has 1 atom stereocenters. The highest BCUT2D eigenvalue weighted by molar-refractivity contribution is 7.99. The summed E-state index contributed by atoms with van der Waals surface area (Å²) in [6.45, 7) is 4.56. The van der Waals surface area contributed by atoms with Crippen LogP contribution >= 0.6 is 11.8 Å². The molecule has 1 unspecified atom stereocenters. The van der Waals surface area contributed by atoms with Crippen molar-refractivity contribution >= 4 is 11.8 Å². The second-order valence-corrected chi connectivity index (χ2v) is 5.28. The van der Waals surface area contributed by atoms with Gasteiger partial charge in [0.1, 0.15) is 0 Å². The van der Waals surface area contributed by atoms with Crippen LogP contribution in [0.25, 0.3) is 0 Å². The normalized spacial score (nSPS) is 22.2. The maximum absolute atomic E-state index is 9.26. The molecule has 0 aromatic rings. The molecule has 0 amide bonds. The minimum Gasteiger partial charge on any atom is -0.395 e. The first-order valence-electron chi connectivity index (χ1n) is 5.18. The van der Waals surface area contributed by atoms with Crippen molar-refractivity contribution in [3.63, 3.8) is 0 Å². The molecule has 1 aliphatic heterocycles. The molecule has 3 heteroatoms. The Morgan fingerprint density at radius 3 is 2.46 bits per heavy atom. The van der Waals surface area contributed by atoms with Crippen molar-refractivity contribution in [3.05, 3.63) is 0 Å². The van der Waals surface area contributed by atoms with Crippen LogP contribution in [-0.4, -0.2) is 35.3 Å². The van der Waals surface area contributed by atoms with Crippen LogP contribution < -0.4 is 5.32 Å². The quantitative estimate of drug-likeness (QED) is 0.726. The van der Waals surface area contributed by atoms with Gasteiger partial charge in [-0.15, -0.1) is 0 Å². The van der Waals surface area contributed by atoms with Gasteiger partial charge in [-0.25, -0.2) is 0 Å². The molecule has 0 radical (unpaired) electrons.